The second-order valence-electron chi connectivity index (χ2n) is 27.0. The predicted molar refractivity (Wildman–Crippen MR) is 372 cm³/mol. The van der Waals surface area contributed by atoms with Crippen molar-refractivity contribution < 1.29 is 0 Å². The quantitative estimate of drug-likeness (QED) is 0.123. The van der Waals surface area contributed by atoms with Crippen molar-refractivity contribution in [2.45, 2.75) is 124 Å². The number of hydrogen-bond donors (Lipinski definition) is 0. The van der Waals surface area contributed by atoms with Gasteiger partial charge in [0.2, 0.25) is 13.4 Å². The van der Waals surface area contributed by atoms with Crippen LogP contribution in [-0.2, 0) is 5.41 Å². The van der Waals surface area contributed by atoms with E-state index in [9.17, 15) is 0 Å². The molecule has 10 aromatic rings. The van der Waals surface area contributed by atoms with Gasteiger partial charge < -0.3 is 4.90 Å². The van der Waals surface area contributed by atoms with Crippen molar-refractivity contribution in [2.75, 3.05) is 4.90 Å². The van der Waals surface area contributed by atoms with E-state index in [0.29, 0.717) is 35.5 Å². The van der Waals surface area contributed by atoms with Crippen molar-refractivity contribution in [2.24, 2.45) is 0 Å². The fraction of sp³-hybridized carbons (Fsp3) is 0.235. The highest BCUT2D eigenvalue weighted by molar-refractivity contribution is 7.17. The van der Waals surface area contributed by atoms with Crippen molar-refractivity contribution in [1.82, 2.24) is 0 Å². The molecule has 1 nitrogen and oxygen atoms in total. The second kappa shape index (κ2) is 21.0. The molecule has 4 aliphatic heterocycles. The topological polar surface area (TPSA) is 3.24 Å². The Morgan fingerprint density at radius 3 is 1.20 bits per heavy atom. The molecule has 0 fully saturated rings. The normalized spacial score (nSPS) is 14.8. The fourth-order valence-corrected chi connectivity index (χ4v) is 21.2. The molecule has 418 valence electrons. The first kappa shape index (κ1) is 55.0. The molecular formula is C81H79B2NSi. The average Bonchev–Trinajstić information content (AvgIpc) is 1.61. The summed E-state index contributed by atoms with van der Waals surface area (Å²) in [4.78, 5) is 2.55. The van der Waals surface area contributed by atoms with Gasteiger partial charge in [0, 0.05) is 5.69 Å². The van der Waals surface area contributed by atoms with Crippen LogP contribution in [0.1, 0.15) is 180 Å². The zero-order valence-electron chi connectivity index (χ0n) is 51.9. The van der Waals surface area contributed by atoms with E-state index in [1.165, 1.54) is 132 Å². The maximum absolute atomic E-state index is 2.62. The molecule has 0 saturated heterocycles. The third-order valence-corrected chi connectivity index (χ3v) is 24.8. The van der Waals surface area contributed by atoms with E-state index in [1.807, 2.05) is 0 Å². The maximum atomic E-state index is 2.62. The highest BCUT2D eigenvalue weighted by Gasteiger charge is 2.57. The monoisotopic (exact) mass is 1120 g/mol. The average molecular weight is 1120 g/mol. The van der Waals surface area contributed by atoms with Gasteiger partial charge in [0.05, 0.1) is 16.8 Å². The first-order valence-electron chi connectivity index (χ1n) is 31.8. The number of hydrogen-bond acceptors (Lipinski definition) is 1. The van der Waals surface area contributed by atoms with Crippen LogP contribution < -0.4 is 53.2 Å². The highest BCUT2D eigenvalue weighted by atomic mass is 28.3. The Balaban J connectivity index is 0.955. The van der Waals surface area contributed by atoms with Crippen molar-refractivity contribution >= 4 is 93.0 Å². The van der Waals surface area contributed by atoms with Gasteiger partial charge in [-0.3, -0.25) is 0 Å². The molecule has 4 heterocycles. The third kappa shape index (κ3) is 8.24. The Bertz CT molecular complexity index is 4150. The molecule has 0 saturated carbocycles. The SMILES string of the molecule is CC(C)c1cc(C(C)C)c(B2c3ccccc3B(c3c(C(C)C)cc(C(C)C)cc3C(C)C)c3cc(-c4ccc(N5c6ccccc6C6(c7ccccc75)c5ccccc5[Si]5(C=Cc7ccccc75)c5ccccc56)cc4)ccc32)c(C(C)C)c1. The second-order valence-corrected chi connectivity index (χ2v) is 30.5. The van der Waals surface area contributed by atoms with Gasteiger partial charge in [0.1, 0.15) is 0 Å². The molecule has 10 aromatic carbocycles. The Morgan fingerprint density at radius 2 is 0.729 bits per heavy atom. The smallest absolute Gasteiger partial charge is 0.240 e. The summed E-state index contributed by atoms with van der Waals surface area (Å²) >= 11 is 0. The fourth-order valence-electron chi connectivity index (χ4n) is 16.2. The molecule has 0 atom stereocenters. The molecule has 0 radical (unpaired) electrons. The summed E-state index contributed by atoms with van der Waals surface area (Å²) in [5, 5.41) is 4.45. The largest absolute Gasteiger partial charge is 0.310 e. The number of anilines is 3. The van der Waals surface area contributed by atoms with Crippen molar-refractivity contribution in [3.63, 3.8) is 0 Å². The standard InChI is InChI=1S/C81H79B2NSi/c1-50(2)59-45-62(52(5)6)79(63(46-59)53(7)8)82-70-30-18-19-31-71(70)83(80-64(54(9)10)47-60(51(3)4)48-65(80)55(11)12)73-49-58(39-42-72(73)82)56-37-40-61(41-38-56)84-74-32-20-14-26-66(74)81(67-27-15-21-33-75(67)84)68-28-16-23-35-77(68)85(78-36-24-17-29-69(78)81)44-43-57-25-13-22-34-76(57)85/h13-55H,1-12H3. The molecule has 4 heteroatoms. The van der Waals surface area contributed by atoms with Gasteiger partial charge in [-0.15, -0.1) is 0 Å². The first-order valence-corrected chi connectivity index (χ1v) is 33.9. The summed E-state index contributed by atoms with van der Waals surface area (Å²) in [5.41, 5.74) is 32.5. The summed E-state index contributed by atoms with van der Waals surface area (Å²) in [7, 11) is -2.56. The summed E-state index contributed by atoms with van der Waals surface area (Å²) in [5.74, 6) is 2.30. The van der Waals surface area contributed by atoms with Gasteiger partial charge >= 0.3 is 0 Å². The molecule has 0 bridgehead atoms. The lowest BCUT2D eigenvalue weighted by Crippen LogP contribution is -2.76. The lowest BCUT2D eigenvalue weighted by Gasteiger charge is -2.52. The van der Waals surface area contributed by atoms with Gasteiger partial charge in [-0.05, 0) is 148 Å². The number of rotatable bonds is 10. The Hall–Kier alpha value is -7.91. The van der Waals surface area contributed by atoms with E-state index in [2.05, 4.69) is 312 Å². The van der Waals surface area contributed by atoms with Crippen LogP contribution >= 0.6 is 0 Å². The molecule has 0 aliphatic carbocycles. The van der Waals surface area contributed by atoms with E-state index in [1.54, 1.807) is 0 Å². The molecule has 0 amide bonds. The molecule has 14 rings (SSSR count). The van der Waals surface area contributed by atoms with Gasteiger partial charge in [0.15, 0.2) is 8.07 Å². The van der Waals surface area contributed by atoms with E-state index >= 15 is 0 Å². The van der Waals surface area contributed by atoms with Gasteiger partial charge in [0.25, 0.3) is 0 Å². The summed E-state index contributed by atoms with van der Waals surface area (Å²) in [6.07, 6.45) is 2.41. The number of nitrogens with zero attached hydrogens (tertiary/aromatic N) is 1. The lowest BCUT2D eigenvalue weighted by molar-refractivity contribution is 0.736. The minimum atomic E-state index is -2.56. The molecule has 0 N–H and O–H groups in total. The minimum Gasteiger partial charge on any atom is -0.310 e. The van der Waals surface area contributed by atoms with E-state index in [0.717, 1.165) is 5.69 Å². The van der Waals surface area contributed by atoms with E-state index in [-0.39, 0.29) is 13.4 Å². The third-order valence-electron chi connectivity index (χ3n) is 20.2. The van der Waals surface area contributed by atoms with Gasteiger partial charge in [-0.2, -0.15) is 0 Å². The molecular weight excluding hydrogens is 1040 g/mol. The number of fused-ring (bicyclic) bond motifs is 14. The Labute approximate surface area is 509 Å². The lowest BCUT2D eigenvalue weighted by atomic mass is 9.20. The van der Waals surface area contributed by atoms with Crippen LogP contribution in [0.25, 0.3) is 17.2 Å². The first-order chi connectivity index (χ1) is 41.1. The van der Waals surface area contributed by atoms with Crippen LogP contribution in [0.4, 0.5) is 17.1 Å². The zero-order chi connectivity index (χ0) is 58.8. The molecule has 0 aromatic heterocycles. The van der Waals surface area contributed by atoms with Crippen LogP contribution in [0.15, 0.2) is 218 Å². The van der Waals surface area contributed by atoms with Crippen LogP contribution in [0, 0.1) is 0 Å². The van der Waals surface area contributed by atoms with Gasteiger partial charge in [-0.1, -0.05) is 316 Å². The van der Waals surface area contributed by atoms with E-state index < -0.39 is 13.5 Å². The van der Waals surface area contributed by atoms with Crippen molar-refractivity contribution in [3.05, 3.63) is 279 Å². The van der Waals surface area contributed by atoms with E-state index in [4.69, 9.17) is 0 Å². The van der Waals surface area contributed by atoms with Crippen molar-refractivity contribution in [1.29, 1.82) is 0 Å². The highest BCUT2D eigenvalue weighted by Crippen LogP contribution is 2.58. The molecule has 2 spiro atoms. The minimum absolute atomic E-state index is 0.0540. The van der Waals surface area contributed by atoms with Gasteiger partial charge in [-0.25, -0.2) is 0 Å². The van der Waals surface area contributed by atoms with Crippen LogP contribution in [0.2, 0.25) is 0 Å². The predicted octanol–water partition coefficient (Wildman–Crippen LogP) is 15.0. The number of para-hydroxylation sites is 2. The zero-order valence-corrected chi connectivity index (χ0v) is 52.9. The van der Waals surface area contributed by atoms with Crippen molar-refractivity contribution in [3.8, 4) is 11.1 Å². The summed E-state index contributed by atoms with van der Waals surface area (Å²) in [6, 6.07) is 83.8. The Kier molecular flexibility index (Phi) is 13.6. The molecule has 4 aliphatic rings. The number of benzene rings is 10. The Morgan fingerprint density at radius 1 is 0.341 bits per heavy atom. The van der Waals surface area contributed by atoms with Crippen LogP contribution in [0.5, 0.6) is 0 Å². The summed E-state index contributed by atoms with van der Waals surface area (Å²) in [6.45, 7) is 28.9. The van der Waals surface area contributed by atoms with Crippen LogP contribution in [-0.4, -0.2) is 21.5 Å². The molecule has 85 heavy (non-hydrogen) atoms. The molecule has 0 unspecified atom stereocenters. The maximum Gasteiger partial charge on any atom is 0.240 e. The summed E-state index contributed by atoms with van der Waals surface area (Å²) < 4.78 is 0. The van der Waals surface area contributed by atoms with Crippen LogP contribution in [0.3, 0.4) is 0 Å².